The maximum absolute atomic E-state index is 10.2. The molecule has 0 aliphatic heterocycles. The fraction of sp³-hybridized carbons (Fsp3) is 0.200. The molecule has 0 amide bonds. The van der Waals surface area contributed by atoms with Crippen LogP contribution < -0.4 is 0 Å². The van der Waals surface area contributed by atoms with E-state index >= 15 is 0 Å². The van der Waals surface area contributed by atoms with Crippen LogP contribution in [0.5, 0.6) is 0 Å². The number of aromatic carboxylic acids is 2. The molecular formula is C20H22O5. The van der Waals surface area contributed by atoms with Crippen LogP contribution in [0.1, 0.15) is 33.6 Å². The minimum absolute atomic E-state index is 0.330. The molecule has 5 nitrogen and oxygen atoms in total. The van der Waals surface area contributed by atoms with E-state index in [-0.39, 0.29) is 0 Å². The van der Waals surface area contributed by atoms with Gasteiger partial charge in [-0.3, -0.25) is 0 Å². The number of hydrogen-bond donors (Lipinski definition) is 3. The Balaban J connectivity index is 0.000000189. The molecule has 0 spiro atoms. The topological polar surface area (TPSA) is 94.8 Å². The summed E-state index contributed by atoms with van der Waals surface area (Å²) in [5.41, 5.74) is 0.662. The monoisotopic (exact) mass is 342 g/mol. The van der Waals surface area contributed by atoms with E-state index in [1.54, 1.807) is 60.7 Å². The van der Waals surface area contributed by atoms with Crippen molar-refractivity contribution in [3.05, 3.63) is 83.9 Å². The lowest BCUT2D eigenvalue weighted by molar-refractivity contribution is 0.0686. The van der Waals surface area contributed by atoms with Crippen molar-refractivity contribution < 1.29 is 24.9 Å². The zero-order chi connectivity index (χ0) is 18.5. The van der Waals surface area contributed by atoms with Crippen LogP contribution in [0.2, 0.25) is 0 Å². The maximum atomic E-state index is 10.2. The lowest BCUT2D eigenvalue weighted by atomic mass is 10.1. The Kier molecular flexibility index (Phi) is 9.33. The SMILES string of the molecule is O=C(O)c1ccccc1.O=C(O)c1ccccc1.OCC1C=CCC1. The van der Waals surface area contributed by atoms with Gasteiger partial charge in [-0.25, -0.2) is 9.59 Å². The van der Waals surface area contributed by atoms with Crippen LogP contribution in [-0.2, 0) is 0 Å². The number of benzene rings is 2. The second kappa shape index (κ2) is 11.6. The number of allylic oxidation sites excluding steroid dienone is 1. The zero-order valence-corrected chi connectivity index (χ0v) is 13.8. The molecule has 1 unspecified atom stereocenters. The molecule has 5 heteroatoms. The first-order chi connectivity index (χ1) is 12.0. The van der Waals surface area contributed by atoms with Gasteiger partial charge in [0.25, 0.3) is 0 Å². The minimum Gasteiger partial charge on any atom is -0.478 e. The molecule has 0 saturated heterocycles. The summed E-state index contributed by atoms with van der Waals surface area (Å²) in [7, 11) is 0. The molecule has 0 aromatic heterocycles. The van der Waals surface area contributed by atoms with E-state index in [1.165, 1.54) is 0 Å². The second-order valence-corrected chi connectivity index (χ2v) is 5.29. The highest BCUT2D eigenvalue weighted by atomic mass is 16.4. The van der Waals surface area contributed by atoms with Crippen molar-refractivity contribution in [2.45, 2.75) is 12.8 Å². The number of carboxylic acids is 2. The quantitative estimate of drug-likeness (QED) is 0.739. The summed E-state index contributed by atoms with van der Waals surface area (Å²) >= 11 is 0. The van der Waals surface area contributed by atoms with Gasteiger partial charge in [-0.2, -0.15) is 0 Å². The summed E-state index contributed by atoms with van der Waals surface area (Å²) < 4.78 is 0. The van der Waals surface area contributed by atoms with Crippen LogP contribution in [0.15, 0.2) is 72.8 Å². The van der Waals surface area contributed by atoms with E-state index in [0.717, 1.165) is 12.8 Å². The Hall–Kier alpha value is -2.92. The molecule has 0 heterocycles. The van der Waals surface area contributed by atoms with Crippen molar-refractivity contribution in [1.29, 1.82) is 0 Å². The van der Waals surface area contributed by atoms with Crippen LogP contribution in [0.25, 0.3) is 0 Å². The number of aliphatic hydroxyl groups is 1. The summed E-state index contributed by atoms with van der Waals surface area (Å²) in [6.45, 7) is 0.330. The maximum Gasteiger partial charge on any atom is 0.335 e. The number of aliphatic hydroxyl groups excluding tert-OH is 1. The molecule has 25 heavy (non-hydrogen) atoms. The standard InChI is InChI=1S/2C7H6O2.C6H10O/c2*8-7(9)6-4-2-1-3-5-6;7-5-6-3-1-2-4-6/h2*1-5H,(H,8,9);1,3,6-7H,2,4-5H2. The molecule has 0 fully saturated rings. The number of rotatable bonds is 3. The Morgan fingerprint density at radius 2 is 1.28 bits per heavy atom. The highest BCUT2D eigenvalue weighted by Gasteiger charge is 2.05. The van der Waals surface area contributed by atoms with Gasteiger partial charge in [0, 0.05) is 12.5 Å². The number of carboxylic acid groups (broad SMARTS) is 2. The average Bonchev–Trinajstić information content (AvgIpc) is 3.18. The summed E-state index contributed by atoms with van der Waals surface area (Å²) in [5, 5.41) is 25.3. The van der Waals surface area contributed by atoms with Gasteiger partial charge in [0.15, 0.2) is 0 Å². The van der Waals surface area contributed by atoms with Crippen LogP contribution in [-0.4, -0.2) is 33.9 Å². The van der Waals surface area contributed by atoms with E-state index < -0.39 is 11.9 Å². The lowest BCUT2D eigenvalue weighted by Crippen LogP contribution is -1.96. The molecule has 2 aromatic rings. The third-order valence-corrected chi connectivity index (χ3v) is 3.39. The predicted molar refractivity (Wildman–Crippen MR) is 95.8 cm³/mol. The van der Waals surface area contributed by atoms with Gasteiger partial charge in [-0.15, -0.1) is 0 Å². The third kappa shape index (κ3) is 8.48. The van der Waals surface area contributed by atoms with Crippen molar-refractivity contribution in [1.82, 2.24) is 0 Å². The van der Waals surface area contributed by atoms with Gasteiger partial charge in [-0.1, -0.05) is 48.6 Å². The number of carbonyl (C=O) groups is 2. The fourth-order valence-corrected chi connectivity index (χ4v) is 2.01. The van der Waals surface area contributed by atoms with Gasteiger partial charge in [0.2, 0.25) is 0 Å². The molecule has 0 saturated carbocycles. The molecule has 3 N–H and O–H groups in total. The molecule has 132 valence electrons. The molecule has 1 aliphatic carbocycles. The second-order valence-electron chi connectivity index (χ2n) is 5.29. The molecule has 0 bridgehead atoms. The first kappa shape index (κ1) is 20.1. The van der Waals surface area contributed by atoms with Crippen LogP contribution >= 0.6 is 0 Å². The molecular weight excluding hydrogens is 320 g/mol. The van der Waals surface area contributed by atoms with Gasteiger partial charge < -0.3 is 15.3 Å². The van der Waals surface area contributed by atoms with Crippen molar-refractivity contribution in [3.8, 4) is 0 Å². The van der Waals surface area contributed by atoms with Gasteiger partial charge >= 0.3 is 11.9 Å². The Labute approximate surface area is 146 Å². The van der Waals surface area contributed by atoms with Gasteiger partial charge in [0.1, 0.15) is 0 Å². The Morgan fingerprint density at radius 1 is 0.840 bits per heavy atom. The smallest absolute Gasteiger partial charge is 0.335 e. The largest absolute Gasteiger partial charge is 0.478 e. The van der Waals surface area contributed by atoms with Crippen molar-refractivity contribution in [3.63, 3.8) is 0 Å². The first-order valence-corrected chi connectivity index (χ1v) is 7.88. The van der Waals surface area contributed by atoms with E-state index in [4.69, 9.17) is 15.3 Å². The van der Waals surface area contributed by atoms with Gasteiger partial charge in [-0.05, 0) is 37.1 Å². The fourth-order valence-electron chi connectivity index (χ4n) is 2.01. The number of hydrogen-bond acceptors (Lipinski definition) is 3. The minimum atomic E-state index is -0.879. The van der Waals surface area contributed by atoms with Gasteiger partial charge in [0.05, 0.1) is 11.1 Å². The highest BCUT2D eigenvalue weighted by Crippen LogP contribution is 2.14. The Morgan fingerprint density at radius 3 is 1.48 bits per heavy atom. The van der Waals surface area contributed by atoms with E-state index in [0.29, 0.717) is 23.7 Å². The van der Waals surface area contributed by atoms with Crippen LogP contribution in [0.4, 0.5) is 0 Å². The van der Waals surface area contributed by atoms with Crippen LogP contribution in [0, 0.1) is 5.92 Å². The third-order valence-electron chi connectivity index (χ3n) is 3.39. The average molecular weight is 342 g/mol. The summed E-state index contributed by atoms with van der Waals surface area (Å²) in [6.07, 6.45) is 6.52. The highest BCUT2D eigenvalue weighted by molar-refractivity contribution is 5.87. The molecule has 1 atom stereocenters. The zero-order valence-electron chi connectivity index (χ0n) is 13.8. The van der Waals surface area contributed by atoms with E-state index in [2.05, 4.69) is 12.2 Å². The van der Waals surface area contributed by atoms with Crippen molar-refractivity contribution in [2.24, 2.45) is 5.92 Å². The molecule has 1 aliphatic rings. The van der Waals surface area contributed by atoms with Crippen LogP contribution in [0.3, 0.4) is 0 Å². The van der Waals surface area contributed by atoms with E-state index in [9.17, 15) is 9.59 Å². The van der Waals surface area contributed by atoms with E-state index in [1.807, 2.05) is 0 Å². The summed E-state index contributed by atoms with van der Waals surface area (Å²) in [5.74, 6) is -1.29. The molecule has 0 radical (unpaired) electrons. The summed E-state index contributed by atoms with van der Waals surface area (Å²) in [4.78, 5) is 20.4. The first-order valence-electron chi connectivity index (χ1n) is 7.88. The normalized spacial score (nSPS) is 14.5. The lowest BCUT2D eigenvalue weighted by Gasteiger charge is -1.97. The molecule has 2 aromatic carbocycles. The Bertz CT molecular complexity index is 616. The van der Waals surface area contributed by atoms with Crippen molar-refractivity contribution in [2.75, 3.05) is 6.61 Å². The predicted octanol–water partition coefficient (Wildman–Crippen LogP) is 3.71. The summed E-state index contributed by atoms with van der Waals surface area (Å²) in [6, 6.07) is 16.6. The van der Waals surface area contributed by atoms with Crippen molar-refractivity contribution >= 4 is 11.9 Å². The molecule has 3 rings (SSSR count).